The van der Waals surface area contributed by atoms with Crippen LogP contribution in [0.3, 0.4) is 0 Å². The van der Waals surface area contributed by atoms with Crippen molar-refractivity contribution in [2.24, 2.45) is 5.92 Å². The Morgan fingerprint density at radius 3 is 2.38 bits per heavy atom. The van der Waals surface area contributed by atoms with E-state index >= 15 is 0 Å². The zero-order valence-corrected chi connectivity index (χ0v) is 14.9. The van der Waals surface area contributed by atoms with Gasteiger partial charge in [-0.15, -0.1) is 0 Å². The maximum atomic E-state index is 12.3. The van der Waals surface area contributed by atoms with Gasteiger partial charge in [0.25, 0.3) is 0 Å². The summed E-state index contributed by atoms with van der Waals surface area (Å²) in [6, 6.07) is 9.38. The zero-order chi connectivity index (χ0) is 16.7. The van der Waals surface area contributed by atoms with E-state index in [4.69, 9.17) is 0 Å². The molecule has 24 heavy (non-hydrogen) atoms. The van der Waals surface area contributed by atoms with Crippen LogP contribution >= 0.6 is 0 Å². The molecule has 4 heteroatoms. The molecule has 1 aromatic rings. The highest BCUT2D eigenvalue weighted by Gasteiger charge is 2.44. The molecule has 1 amide bonds. The summed E-state index contributed by atoms with van der Waals surface area (Å²) in [6.07, 6.45) is 3.65. The fraction of sp³-hybridized carbons (Fsp3) is 0.650. The first-order valence-electron chi connectivity index (χ1n) is 9.40. The summed E-state index contributed by atoms with van der Waals surface area (Å²) in [5.74, 6) is 1.92. The second-order valence-electron chi connectivity index (χ2n) is 7.95. The molecular weight excluding hydrogens is 298 g/mol. The van der Waals surface area contributed by atoms with E-state index in [9.17, 15) is 4.79 Å². The topological polar surface area (TPSA) is 35.6 Å². The number of likely N-dealkylation sites (N-methyl/N-ethyl adjacent to an activating group) is 1. The number of hydrogen-bond acceptors (Lipinski definition) is 3. The van der Waals surface area contributed by atoms with Crippen molar-refractivity contribution in [3.63, 3.8) is 0 Å². The fourth-order valence-electron chi connectivity index (χ4n) is 4.90. The van der Waals surface area contributed by atoms with E-state index in [1.165, 1.54) is 37.1 Å². The number of benzene rings is 1. The molecule has 0 bridgehead atoms. The van der Waals surface area contributed by atoms with Gasteiger partial charge in [-0.2, -0.15) is 0 Å². The molecule has 4 nitrogen and oxygen atoms in total. The number of amides is 1. The van der Waals surface area contributed by atoms with Gasteiger partial charge in [0.1, 0.15) is 0 Å². The van der Waals surface area contributed by atoms with Crippen molar-refractivity contribution in [3.8, 4) is 0 Å². The summed E-state index contributed by atoms with van der Waals surface area (Å²) in [6.45, 7) is 4.24. The molecule has 3 saturated heterocycles. The standard InChI is InChI=1S/C20H29N3O/c1-22-11-8-15(9-12-22)14-3-5-16(6-4-14)18-13-23(2)20(24)19-17(18)7-10-21-19/h3-6,15,17-19,21H,7-13H2,1-2H3. The molecule has 3 heterocycles. The van der Waals surface area contributed by atoms with Crippen LogP contribution < -0.4 is 5.32 Å². The summed E-state index contributed by atoms with van der Waals surface area (Å²) in [5, 5.41) is 3.41. The normalized spacial score (nSPS) is 32.2. The van der Waals surface area contributed by atoms with Crippen LogP contribution in [0.15, 0.2) is 24.3 Å². The van der Waals surface area contributed by atoms with Gasteiger partial charge in [0.15, 0.2) is 0 Å². The molecule has 130 valence electrons. The molecule has 3 fully saturated rings. The lowest BCUT2D eigenvalue weighted by atomic mass is 9.77. The van der Waals surface area contributed by atoms with Gasteiger partial charge in [0, 0.05) is 19.5 Å². The first-order chi connectivity index (χ1) is 11.6. The van der Waals surface area contributed by atoms with Crippen LogP contribution in [0.5, 0.6) is 0 Å². The number of piperidine rings is 2. The van der Waals surface area contributed by atoms with Gasteiger partial charge in [0.05, 0.1) is 6.04 Å². The summed E-state index contributed by atoms with van der Waals surface area (Å²) >= 11 is 0. The molecule has 0 aromatic heterocycles. The van der Waals surface area contributed by atoms with Crippen LogP contribution in [0.2, 0.25) is 0 Å². The molecule has 3 aliphatic rings. The monoisotopic (exact) mass is 327 g/mol. The zero-order valence-electron chi connectivity index (χ0n) is 14.9. The van der Waals surface area contributed by atoms with Crippen LogP contribution in [0, 0.1) is 5.92 Å². The van der Waals surface area contributed by atoms with Crippen molar-refractivity contribution in [1.29, 1.82) is 0 Å². The lowest BCUT2D eigenvalue weighted by Gasteiger charge is -2.38. The van der Waals surface area contributed by atoms with Crippen LogP contribution in [0.4, 0.5) is 0 Å². The Morgan fingerprint density at radius 2 is 1.67 bits per heavy atom. The lowest BCUT2D eigenvalue weighted by Crippen LogP contribution is -2.52. The predicted molar refractivity (Wildman–Crippen MR) is 96.2 cm³/mol. The smallest absolute Gasteiger partial charge is 0.239 e. The van der Waals surface area contributed by atoms with E-state index in [1.807, 2.05) is 11.9 Å². The molecule has 0 aliphatic carbocycles. The van der Waals surface area contributed by atoms with Crippen molar-refractivity contribution in [1.82, 2.24) is 15.1 Å². The van der Waals surface area contributed by atoms with Crippen molar-refractivity contribution in [2.45, 2.75) is 37.1 Å². The van der Waals surface area contributed by atoms with Gasteiger partial charge in [-0.1, -0.05) is 24.3 Å². The Kier molecular flexibility index (Phi) is 4.35. The van der Waals surface area contributed by atoms with Crippen molar-refractivity contribution < 1.29 is 4.79 Å². The minimum absolute atomic E-state index is 0.0299. The molecule has 0 radical (unpaired) electrons. The molecule has 0 spiro atoms. The molecule has 1 N–H and O–H groups in total. The van der Waals surface area contributed by atoms with Crippen LogP contribution in [0.25, 0.3) is 0 Å². The highest BCUT2D eigenvalue weighted by molar-refractivity contribution is 5.83. The van der Waals surface area contributed by atoms with Crippen LogP contribution in [-0.2, 0) is 4.79 Å². The summed E-state index contributed by atoms with van der Waals surface area (Å²) < 4.78 is 0. The summed E-state index contributed by atoms with van der Waals surface area (Å²) in [5.41, 5.74) is 2.90. The van der Waals surface area contributed by atoms with Gasteiger partial charge in [-0.05, 0) is 68.9 Å². The van der Waals surface area contributed by atoms with Crippen LogP contribution in [0.1, 0.15) is 42.2 Å². The van der Waals surface area contributed by atoms with E-state index in [0.29, 0.717) is 17.8 Å². The summed E-state index contributed by atoms with van der Waals surface area (Å²) in [4.78, 5) is 16.7. The Labute approximate surface area is 145 Å². The quantitative estimate of drug-likeness (QED) is 0.903. The fourth-order valence-corrected chi connectivity index (χ4v) is 4.90. The van der Waals surface area contributed by atoms with Crippen molar-refractivity contribution in [3.05, 3.63) is 35.4 Å². The highest BCUT2D eigenvalue weighted by Crippen LogP contribution is 2.38. The average Bonchev–Trinajstić information content (AvgIpc) is 3.09. The number of carbonyl (C=O) groups excluding carboxylic acids is 1. The number of fused-ring (bicyclic) bond motifs is 1. The average molecular weight is 327 g/mol. The third-order valence-corrected chi connectivity index (χ3v) is 6.45. The van der Waals surface area contributed by atoms with E-state index < -0.39 is 0 Å². The van der Waals surface area contributed by atoms with E-state index in [2.05, 4.69) is 41.5 Å². The maximum Gasteiger partial charge on any atom is 0.239 e. The Balaban J connectivity index is 1.51. The molecule has 3 atom stereocenters. The molecule has 4 rings (SSSR count). The minimum Gasteiger partial charge on any atom is -0.344 e. The lowest BCUT2D eigenvalue weighted by molar-refractivity contribution is -0.136. The molecule has 1 aromatic carbocycles. The van der Waals surface area contributed by atoms with E-state index in [1.54, 1.807) is 0 Å². The highest BCUT2D eigenvalue weighted by atomic mass is 16.2. The third kappa shape index (κ3) is 2.86. The molecular formula is C20H29N3O. The van der Waals surface area contributed by atoms with Gasteiger partial charge in [-0.25, -0.2) is 0 Å². The molecule has 3 unspecified atom stereocenters. The number of carbonyl (C=O) groups is 1. The van der Waals surface area contributed by atoms with Gasteiger partial charge >= 0.3 is 0 Å². The van der Waals surface area contributed by atoms with E-state index in [-0.39, 0.29) is 11.9 Å². The third-order valence-electron chi connectivity index (χ3n) is 6.45. The maximum absolute atomic E-state index is 12.3. The van der Waals surface area contributed by atoms with Crippen LogP contribution in [-0.4, -0.2) is 62.0 Å². The largest absolute Gasteiger partial charge is 0.344 e. The second-order valence-corrected chi connectivity index (χ2v) is 7.95. The van der Waals surface area contributed by atoms with Gasteiger partial charge in [0.2, 0.25) is 5.91 Å². The predicted octanol–water partition coefficient (Wildman–Crippen LogP) is 2.03. The number of hydrogen-bond donors (Lipinski definition) is 1. The Morgan fingerprint density at radius 1 is 1.00 bits per heavy atom. The number of nitrogens with zero attached hydrogens (tertiary/aromatic N) is 2. The van der Waals surface area contributed by atoms with Gasteiger partial charge < -0.3 is 15.1 Å². The Hall–Kier alpha value is -1.39. The first-order valence-corrected chi connectivity index (χ1v) is 9.40. The van der Waals surface area contributed by atoms with Crippen molar-refractivity contribution in [2.75, 3.05) is 40.3 Å². The van der Waals surface area contributed by atoms with E-state index in [0.717, 1.165) is 19.5 Å². The molecule has 3 aliphatic heterocycles. The number of likely N-dealkylation sites (tertiary alicyclic amines) is 2. The second kappa shape index (κ2) is 6.49. The van der Waals surface area contributed by atoms with Gasteiger partial charge in [-0.3, -0.25) is 4.79 Å². The number of rotatable bonds is 2. The minimum atomic E-state index is 0.0299. The van der Waals surface area contributed by atoms with Crippen molar-refractivity contribution >= 4 is 5.91 Å². The number of nitrogens with one attached hydrogen (secondary N) is 1. The first kappa shape index (κ1) is 16.1. The summed E-state index contributed by atoms with van der Waals surface area (Å²) in [7, 11) is 4.16. The molecule has 0 saturated carbocycles. The SMILES string of the molecule is CN1CCC(c2ccc(C3CN(C)C(=O)C4NCCC43)cc2)CC1. The Bertz CT molecular complexity index is 591.